The summed E-state index contributed by atoms with van der Waals surface area (Å²) in [7, 11) is 0. The lowest BCUT2D eigenvalue weighted by molar-refractivity contribution is -0.144. The molecule has 0 unspecified atom stereocenters. The summed E-state index contributed by atoms with van der Waals surface area (Å²) in [5.41, 5.74) is 7.84. The number of H-pyrrole nitrogens is 1. The number of aryl methyl sites for hydroxylation is 1. The van der Waals surface area contributed by atoms with Crippen LogP contribution in [0, 0.1) is 12.3 Å². The van der Waals surface area contributed by atoms with Crippen molar-refractivity contribution in [3.05, 3.63) is 101 Å². The van der Waals surface area contributed by atoms with Crippen molar-refractivity contribution in [2.75, 3.05) is 32.9 Å². The van der Waals surface area contributed by atoms with Gasteiger partial charge in [0.1, 0.15) is 24.4 Å². The summed E-state index contributed by atoms with van der Waals surface area (Å²) in [6.45, 7) is 10.2. The molecule has 0 spiro atoms. The number of pyridine rings is 1. The number of likely N-dealkylation sites (tertiary alicyclic amines) is 1. The van der Waals surface area contributed by atoms with Gasteiger partial charge in [-0.15, -0.1) is 11.3 Å². The number of carbonyl (C=O) groups excluding carboxylic acids is 3. The van der Waals surface area contributed by atoms with Crippen LogP contribution in [0.25, 0.3) is 21.3 Å². The average molecular weight is 942 g/mol. The number of nitrogens with zero attached hydrogens (tertiary/aromatic N) is 4. The molecular formula is C51H65F2N7O6S. The number of hydrogen-bond acceptors (Lipinski definition) is 10. The Morgan fingerprint density at radius 2 is 1.70 bits per heavy atom. The minimum Gasteiger partial charge on any atom is -0.492 e. The van der Waals surface area contributed by atoms with Crippen molar-refractivity contribution in [3.63, 3.8) is 0 Å². The van der Waals surface area contributed by atoms with E-state index in [-0.39, 0.29) is 44.6 Å². The number of thiazole rings is 1. The number of nitrogens with one attached hydrogen (secondary N) is 3. The number of benzene rings is 2. The van der Waals surface area contributed by atoms with Crippen LogP contribution in [0.5, 0.6) is 5.75 Å². The Morgan fingerprint density at radius 3 is 2.39 bits per heavy atom. The van der Waals surface area contributed by atoms with Crippen LogP contribution in [0.3, 0.4) is 0 Å². The van der Waals surface area contributed by atoms with E-state index in [1.165, 1.54) is 4.90 Å². The third-order valence-electron chi connectivity index (χ3n) is 12.8. The molecule has 16 heteroatoms. The first-order valence-electron chi connectivity index (χ1n) is 23.5. The molecule has 67 heavy (non-hydrogen) atoms. The first-order chi connectivity index (χ1) is 32.2. The molecule has 2 aliphatic rings. The smallest absolute Gasteiger partial charge is 0.251 e. The molecule has 3 aromatic heterocycles. The molecule has 1 saturated heterocycles. The molecule has 0 bridgehead atoms. The summed E-state index contributed by atoms with van der Waals surface area (Å²) in [5, 5.41) is 17.5. The van der Waals surface area contributed by atoms with Crippen molar-refractivity contribution in [2.45, 2.75) is 129 Å². The van der Waals surface area contributed by atoms with Gasteiger partial charge in [-0.1, -0.05) is 88.9 Å². The van der Waals surface area contributed by atoms with Gasteiger partial charge in [0.25, 0.3) is 6.43 Å². The molecule has 0 saturated carbocycles. The van der Waals surface area contributed by atoms with Crippen LogP contribution in [0.1, 0.15) is 107 Å². The molecule has 4 N–H and O–H groups in total. The van der Waals surface area contributed by atoms with Crippen molar-refractivity contribution in [2.24, 2.45) is 5.41 Å². The van der Waals surface area contributed by atoms with E-state index in [4.69, 9.17) is 14.5 Å². The molecule has 5 atom stereocenters. The molecule has 5 heterocycles. The van der Waals surface area contributed by atoms with Gasteiger partial charge in [0, 0.05) is 48.8 Å². The Bertz CT molecular complexity index is 2420. The molecule has 2 aliphatic heterocycles. The third-order valence-corrected chi connectivity index (χ3v) is 13.8. The SMILES string of the molecule is Cc1ncsc1-c1ccc(CNC(=O)[C@@H]2C[C@@H](O)CN2C(=O)[C@@H](NC(=O)COCCCCCCCCOc2ccc([C@@H]3c4[nH]c5ccccc5c4C[C@@H](C)N3CC(F)F)nc2)C(C)(C)C)cc1. The van der Waals surface area contributed by atoms with Crippen LogP contribution in [0.15, 0.2) is 72.4 Å². The Kier molecular flexibility index (Phi) is 16.8. The normalized spacial score (nSPS) is 19.1. The number of fused-ring (bicyclic) bond motifs is 3. The Morgan fingerprint density at radius 1 is 0.970 bits per heavy atom. The van der Waals surface area contributed by atoms with Crippen LogP contribution in [-0.2, 0) is 32.1 Å². The highest BCUT2D eigenvalue weighted by Crippen LogP contribution is 2.41. The van der Waals surface area contributed by atoms with Gasteiger partial charge < -0.3 is 35.1 Å². The molecule has 360 valence electrons. The Balaban J connectivity index is 0.782. The first-order valence-corrected chi connectivity index (χ1v) is 24.4. The number of para-hydroxylation sites is 1. The van der Waals surface area contributed by atoms with E-state index in [2.05, 4.69) is 26.7 Å². The average Bonchev–Trinajstić information content (AvgIpc) is 4.02. The summed E-state index contributed by atoms with van der Waals surface area (Å²) in [6.07, 6.45) is 4.77. The number of halogens is 2. The van der Waals surface area contributed by atoms with Crippen molar-refractivity contribution in [1.29, 1.82) is 0 Å². The lowest BCUT2D eigenvalue weighted by Crippen LogP contribution is -2.58. The van der Waals surface area contributed by atoms with E-state index < -0.39 is 47.9 Å². The van der Waals surface area contributed by atoms with Crippen LogP contribution in [-0.4, -0.2) is 111 Å². The largest absolute Gasteiger partial charge is 0.492 e. The molecule has 7 rings (SSSR count). The zero-order valence-corrected chi connectivity index (χ0v) is 40.0. The van der Waals surface area contributed by atoms with Crippen LogP contribution in [0.4, 0.5) is 8.78 Å². The number of amides is 3. The molecule has 13 nitrogen and oxygen atoms in total. The predicted octanol–water partition coefficient (Wildman–Crippen LogP) is 8.14. The topological polar surface area (TPSA) is 162 Å². The van der Waals surface area contributed by atoms with Gasteiger partial charge in [-0.2, -0.15) is 0 Å². The zero-order chi connectivity index (χ0) is 47.7. The molecule has 3 amide bonds. The van der Waals surface area contributed by atoms with Gasteiger partial charge in [0.05, 0.1) is 53.3 Å². The number of aromatic nitrogens is 3. The molecule has 5 aromatic rings. The van der Waals surface area contributed by atoms with Crippen LogP contribution >= 0.6 is 11.3 Å². The maximum atomic E-state index is 14.0. The maximum Gasteiger partial charge on any atom is 0.251 e. The van der Waals surface area contributed by atoms with Crippen molar-refractivity contribution < 1.29 is 37.7 Å². The zero-order valence-electron chi connectivity index (χ0n) is 39.2. The Labute approximate surface area is 396 Å². The number of rotatable bonds is 21. The summed E-state index contributed by atoms with van der Waals surface area (Å²) >= 11 is 1.58. The molecule has 0 aliphatic carbocycles. The fourth-order valence-electron chi connectivity index (χ4n) is 9.26. The maximum absolute atomic E-state index is 14.0. The van der Waals surface area contributed by atoms with Crippen molar-refractivity contribution >= 4 is 40.0 Å². The van der Waals surface area contributed by atoms with E-state index in [1.807, 2.05) is 99.6 Å². The second kappa shape index (κ2) is 22.7. The van der Waals surface area contributed by atoms with Gasteiger partial charge in [0.15, 0.2) is 0 Å². The molecule has 0 radical (unpaired) electrons. The minimum absolute atomic E-state index is 0.000939. The number of alkyl halides is 2. The van der Waals surface area contributed by atoms with Crippen molar-refractivity contribution in [1.82, 2.24) is 35.4 Å². The lowest BCUT2D eigenvalue weighted by Gasteiger charge is -2.40. The highest BCUT2D eigenvalue weighted by Gasteiger charge is 2.44. The van der Waals surface area contributed by atoms with E-state index in [0.29, 0.717) is 31.1 Å². The van der Waals surface area contributed by atoms with E-state index in [0.717, 1.165) is 82.4 Å². The van der Waals surface area contributed by atoms with E-state index in [1.54, 1.807) is 17.5 Å². The minimum atomic E-state index is -2.46. The molecule has 1 fully saturated rings. The molecule has 2 aromatic carbocycles. The van der Waals surface area contributed by atoms with Crippen LogP contribution < -0.4 is 15.4 Å². The van der Waals surface area contributed by atoms with Gasteiger partial charge >= 0.3 is 0 Å². The third kappa shape index (κ3) is 12.6. The quantitative estimate of drug-likeness (QED) is 0.0533. The fraction of sp³-hybridized carbons (Fsp3) is 0.510. The van der Waals surface area contributed by atoms with Gasteiger partial charge in [-0.3, -0.25) is 24.3 Å². The van der Waals surface area contributed by atoms with Gasteiger partial charge in [0.2, 0.25) is 17.7 Å². The standard InChI is InChI=1S/C51H65F2N7O6S/c1-32-24-39-38-14-10-11-15-40(38)57-45(39)46(59(32)29-43(52)53)41-21-20-37(27-54-41)66-23-13-9-7-6-8-12-22-65-30-44(62)58-48(51(3,4)5)50(64)60-28-36(61)25-42(60)49(63)55-26-34-16-18-35(19-17-34)47-33(2)56-31-67-47/h10-11,14-21,27,31-32,36,42-43,46,48,57,61H,6-9,12-13,22-26,28-30H2,1-5H3,(H,55,63)(H,58,62)/t32-,36-,42+,46-,48-/m1/s1. The summed E-state index contributed by atoms with van der Waals surface area (Å²) in [4.78, 5) is 57.3. The van der Waals surface area contributed by atoms with Gasteiger partial charge in [-0.25, -0.2) is 13.8 Å². The highest BCUT2D eigenvalue weighted by atomic mass is 32.1. The number of β-amino-alcohol motifs (C(OH)–C–C–N with tert-alkyl or cyclic N) is 1. The fourth-order valence-corrected chi connectivity index (χ4v) is 10.1. The van der Waals surface area contributed by atoms with Gasteiger partial charge in [-0.05, 0) is 73.4 Å². The number of carbonyl (C=O) groups is 3. The second-order valence-corrected chi connectivity index (χ2v) is 19.8. The predicted molar refractivity (Wildman–Crippen MR) is 256 cm³/mol. The summed E-state index contributed by atoms with van der Waals surface area (Å²) in [5.74, 6) is -0.557. The Hall–Kier alpha value is -5.29. The van der Waals surface area contributed by atoms with Crippen molar-refractivity contribution in [3.8, 4) is 16.2 Å². The number of ether oxygens (including phenoxy) is 2. The number of unbranched alkanes of at least 4 members (excludes halogenated alkanes) is 5. The summed E-state index contributed by atoms with van der Waals surface area (Å²) < 4.78 is 39.2. The van der Waals surface area contributed by atoms with Crippen LogP contribution in [0.2, 0.25) is 0 Å². The lowest BCUT2D eigenvalue weighted by atomic mass is 9.85. The first kappa shape index (κ1) is 49.6. The number of hydrogen-bond donors (Lipinski definition) is 4. The highest BCUT2D eigenvalue weighted by molar-refractivity contribution is 7.13. The van der Waals surface area contributed by atoms with E-state index >= 15 is 0 Å². The second-order valence-electron chi connectivity index (χ2n) is 19.0. The molecular weight excluding hydrogens is 877 g/mol. The summed E-state index contributed by atoms with van der Waals surface area (Å²) in [6, 6.07) is 17.4. The van der Waals surface area contributed by atoms with E-state index in [9.17, 15) is 28.3 Å². The number of aromatic amines is 1. The monoisotopic (exact) mass is 941 g/mol. The number of aliphatic hydroxyl groups excluding tert-OH is 1. The number of aliphatic hydroxyl groups is 1.